The Labute approximate surface area is 403 Å². The van der Waals surface area contributed by atoms with E-state index in [1.54, 1.807) is 54.1 Å². The van der Waals surface area contributed by atoms with Crippen LogP contribution in [-0.4, -0.2) is 165 Å². The molecule has 21 nitrogen and oxygen atoms in total. The van der Waals surface area contributed by atoms with Crippen LogP contribution >= 0.6 is 15.6 Å². The van der Waals surface area contributed by atoms with Crippen molar-refractivity contribution in [3.63, 3.8) is 0 Å². The molecule has 68 heavy (non-hydrogen) atoms. The summed E-state index contributed by atoms with van der Waals surface area (Å²) in [6, 6.07) is 4.68. The first-order valence-electron chi connectivity index (χ1n) is 23.2. The van der Waals surface area contributed by atoms with E-state index in [4.69, 9.17) is 18.5 Å². The molecule has 5 N–H and O–H groups in total. The largest absolute Gasteiger partial charge is 0.481 e. The van der Waals surface area contributed by atoms with Crippen molar-refractivity contribution in [3.05, 3.63) is 35.9 Å². The van der Waals surface area contributed by atoms with Gasteiger partial charge in [0.1, 0.15) is 18.8 Å². The van der Waals surface area contributed by atoms with Gasteiger partial charge in [0, 0.05) is 41.5 Å². The molecule has 1 aliphatic rings. The monoisotopic (exact) mass is 1010 g/mol. The van der Waals surface area contributed by atoms with Gasteiger partial charge in [-0.2, -0.15) is 4.31 Å². The van der Waals surface area contributed by atoms with Crippen LogP contribution < -0.4 is 16.0 Å². The van der Waals surface area contributed by atoms with E-state index in [1.165, 1.54) is 28.3 Å². The van der Waals surface area contributed by atoms with E-state index in [2.05, 4.69) is 25.0 Å². The zero-order chi connectivity index (χ0) is 51.7. The van der Waals surface area contributed by atoms with E-state index in [0.717, 1.165) is 0 Å². The summed E-state index contributed by atoms with van der Waals surface area (Å²) < 4.78 is 57.2. The third-order valence-electron chi connectivity index (χ3n) is 12.3. The molecule has 0 saturated carbocycles. The molecular weight excluding hydrogens is 926 g/mol. The molecule has 0 spiro atoms. The number of phosphoric ester groups is 2. The number of rotatable bonds is 30. The zero-order valence-corrected chi connectivity index (χ0v) is 44.2. The van der Waals surface area contributed by atoms with Crippen LogP contribution in [0, 0.1) is 23.7 Å². The molecule has 5 amide bonds. The van der Waals surface area contributed by atoms with Gasteiger partial charge in [0.15, 0.2) is 0 Å². The van der Waals surface area contributed by atoms with Crippen LogP contribution in [0.2, 0.25) is 0 Å². The van der Waals surface area contributed by atoms with Crippen LogP contribution in [0.4, 0.5) is 0 Å². The van der Waals surface area contributed by atoms with Gasteiger partial charge in [-0.25, -0.2) is 9.13 Å². The second-order valence-electron chi connectivity index (χ2n) is 18.3. The third kappa shape index (κ3) is 18.1. The summed E-state index contributed by atoms with van der Waals surface area (Å²) >= 11 is 0. The molecule has 0 bridgehead atoms. The van der Waals surface area contributed by atoms with Crippen LogP contribution in [0.3, 0.4) is 0 Å². The van der Waals surface area contributed by atoms with Gasteiger partial charge in [-0.3, -0.25) is 37.9 Å². The first kappa shape index (κ1) is 60.8. The number of carbonyl (C=O) groups is 5. The first-order chi connectivity index (χ1) is 31.8. The van der Waals surface area contributed by atoms with Crippen molar-refractivity contribution >= 4 is 45.2 Å². The first-order valence-corrected chi connectivity index (χ1v) is 26.2. The minimum atomic E-state index is -5.38. The molecule has 2 rings (SSSR count). The fraction of sp³-hybridized carbons (Fsp3) is 0.756. The SMILES string of the molecule is CC[C@H](C)[C@@H]([C@@H](CC(=O)N1CCC[C@H]1[C@H](OC)[C@@H](C)C(=O)N[C@H](C)[C@@H](OP(=O)(O)OP(=O)(O)OCCNC(=O)COC)c1ccccc1)OC)N(C)C(=O)[C@@H](NC(=O)[C@H](C(C)C)N(C)C)C(C)C. The Morgan fingerprint density at radius 1 is 0.868 bits per heavy atom. The van der Waals surface area contributed by atoms with Crippen LogP contribution in [0.15, 0.2) is 30.3 Å². The Morgan fingerprint density at radius 3 is 2.03 bits per heavy atom. The Hall–Kier alpha value is -3.33. The molecule has 23 heteroatoms. The normalized spacial score (nSPS) is 20.0. The quantitative estimate of drug-likeness (QED) is 0.0541. The van der Waals surface area contributed by atoms with Crippen molar-refractivity contribution in [3.8, 4) is 0 Å². The summed E-state index contributed by atoms with van der Waals surface area (Å²) in [6.07, 6.45) is -1.20. The summed E-state index contributed by atoms with van der Waals surface area (Å²) in [5.74, 6) is -3.10. The number of benzene rings is 1. The van der Waals surface area contributed by atoms with Crippen molar-refractivity contribution in [1.29, 1.82) is 0 Å². The van der Waals surface area contributed by atoms with E-state index in [9.17, 15) is 42.9 Å². The smallest absolute Gasteiger partial charge is 0.379 e. The highest BCUT2D eigenvalue weighted by atomic mass is 31.3. The van der Waals surface area contributed by atoms with E-state index < -0.39 is 88.5 Å². The highest BCUT2D eigenvalue weighted by Gasteiger charge is 2.44. The number of ether oxygens (including phenoxy) is 3. The molecule has 0 aliphatic carbocycles. The standard InChI is InChI=1S/C45H80N6O15P2/c1-15-30(6)40(50(11)45(56)38(28(2)3)48-44(55)39(29(4)5)49(9)10)35(62-13)26-37(53)51-24-19-22-34(51)41(63-14)31(7)43(54)47-32(8)42(33-20-17-16-18-21-33)65-68(59,60)66-67(57,58)64-25-23-46-36(52)27-61-12/h16-18,20-21,28-32,34-35,38-42H,15,19,22-27H2,1-14H3,(H,46,52)(H,47,54)(H,48,55)(H,57,58)(H,59,60)/t30-,31+,32+,34-,35+,38-,39-,40-,41+,42+/m0/s1. The average Bonchev–Trinajstić information content (AvgIpc) is 3.75. The van der Waals surface area contributed by atoms with Crippen molar-refractivity contribution in [1.82, 2.24) is 30.7 Å². The van der Waals surface area contributed by atoms with Gasteiger partial charge in [-0.05, 0) is 57.2 Å². The predicted molar refractivity (Wildman–Crippen MR) is 255 cm³/mol. The minimum absolute atomic E-state index is 0.00260. The van der Waals surface area contributed by atoms with Crippen LogP contribution in [0.5, 0.6) is 0 Å². The van der Waals surface area contributed by atoms with Gasteiger partial charge in [0.2, 0.25) is 29.5 Å². The molecular formula is C45H80N6O15P2. The maximum Gasteiger partial charge on any atom is 0.481 e. The molecule has 1 fully saturated rings. The van der Waals surface area contributed by atoms with E-state index in [-0.39, 0.29) is 55.0 Å². The van der Waals surface area contributed by atoms with Gasteiger partial charge in [-0.15, -0.1) is 0 Å². The van der Waals surface area contributed by atoms with Crippen molar-refractivity contribution in [2.24, 2.45) is 23.7 Å². The van der Waals surface area contributed by atoms with Gasteiger partial charge in [0.05, 0.1) is 55.3 Å². The molecule has 0 aromatic heterocycles. The summed E-state index contributed by atoms with van der Waals surface area (Å²) in [5, 5.41) is 8.19. The molecule has 2 unspecified atom stereocenters. The van der Waals surface area contributed by atoms with E-state index >= 15 is 0 Å². The summed E-state index contributed by atoms with van der Waals surface area (Å²) in [5.41, 5.74) is 0.320. The number of amides is 5. The lowest BCUT2D eigenvalue weighted by Crippen LogP contribution is -2.59. The minimum Gasteiger partial charge on any atom is -0.379 e. The maximum atomic E-state index is 14.4. The predicted octanol–water partition coefficient (Wildman–Crippen LogP) is 3.89. The van der Waals surface area contributed by atoms with Crippen LogP contribution in [0.25, 0.3) is 0 Å². The van der Waals surface area contributed by atoms with E-state index in [0.29, 0.717) is 31.4 Å². The van der Waals surface area contributed by atoms with Crippen molar-refractivity contribution in [2.45, 2.75) is 130 Å². The second kappa shape index (κ2) is 28.5. The fourth-order valence-electron chi connectivity index (χ4n) is 8.78. The highest BCUT2D eigenvalue weighted by molar-refractivity contribution is 7.61. The molecule has 0 radical (unpaired) electrons. The summed E-state index contributed by atoms with van der Waals surface area (Å²) in [4.78, 5) is 93.9. The number of likely N-dealkylation sites (tertiary alicyclic amines) is 1. The zero-order valence-electron chi connectivity index (χ0n) is 42.4. The molecule has 1 heterocycles. The van der Waals surface area contributed by atoms with Gasteiger partial charge in [0.25, 0.3) is 0 Å². The van der Waals surface area contributed by atoms with Gasteiger partial charge in [-0.1, -0.05) is 85.2 Å². The number of phosphoric acid groups is 2. The average molecular weight is 1010 g/mol. The van der Waals surface area contributed by atoms with Crippen molar-refractivity contribution < 1.29 is 70.5 Å². The number of nitrogens with zero attached hydrogens (tertiary/aromatic N) is 3. The Balaban J connectivity index is 2.29. The summed E-state index contributed by atoms with van der Waals surface area (Å²) in [7, 11) is -0.997. The molecule has 1 aromatic rings. The maximum absolute atomic E-state index is 14.4. The summed E-state index contributed by atoms with van der Waals surface area (Å²) in [6.45, 7) is 14.1. The molecule has 390 valence electrons. The Bertz CT molecular complexity index is 1850. The second-order valence-corrected chi connectivity index (χ2v) is 21.3. The van der Waals surface area contributed by atoms with Gasteiger partial charge < -0.3 is 49.7 Å². The van der Waals surface area contributed by atoms with Crippen molar-refractivity contribution in [2.75, 3.05) is 68.8 Å². The number of likely N-dealkylation sites (N-methyl/N-ethyl adjacent to an activating group) is 2. The lowest BCUT2D eigenvalue weighted by molar-refractivity contribution is -0.148. The molecule has 1 aliphatic heterocycles. The lowest BCUT2D eigenvalue weighted by atomic mass is 9.89. The number of methoxy groups -OCH3 is 3. The molecule has 1 saturated heterocycles. The Kier molecular flexibility index (Phi) is 25.5. The Morgan fingerprint density at radius 2 is 1.50 bits per heavy atom. The fourth-order valence-corrected chi connectivity index (χ4v) is 11.1. The van der Waals surface area contributed by atoms with Crippen LogP contribution in [0.1, 0.15) is 92.7 Å². The van der Waals surface area contributed by atoms with Crippen LogP contribution in [-0.2, 0) is 60.7 Å². The number of carbonyl (C=O) groups excluding carboxylic acids is 5. The highest BCUT2D eigenvalue weighted by Crippen LogP contribution is 2.62. The third-order valence-corrected chi connectivity index (χ3v) is 15.0. The number of nitrogens with one attached hydrogen (secondary N) is 3. The number of hydrogen-bond acceptors (Lipinski definition) is 14. The molecule has 12 atom stereocenters. The topological polar surface area (TPSA) is 261 Å². The van der Waals surface area contributed by atoms with E-state index in [1.807, 2.05) is 60.5 Å². The number of hydrogen-bond donors (Lipinski definition) is 5. The van der Waals surface area contributed by atoms with Gasteiger partial charge >= 0.3 is 15.6 Å². The lowest BCUT2D eigenvalue weighted by Gasteiger charge is -2.41. The molecule has 1 aromatic carbocycles.